The molecule has 0 atom stereocenters. The molecule has 0 radical (unpaired) electrons. The standard InChI is InChI=1S/C15H15F3N6OS/c1-8-19-14(26-23-8)22-21-11-6-9-4-3-5-24(2)12(9)7-10(11)20-13(25)15(16,17)18/h6-7H,3-5H2,1-2H3,(H,20,25). The number of benzene rings is 1. The lowest BCUT2D eigenvalue weighted by molar-refractivity contribution is -0.167. The van der Waals surface area contributed by atoms with Crippen LogP contribution in [0.25, 0.3) is 0 Å². The van der Waals surface area contributed by atoms with E-state index < -0.39 is 12.1 Å². The Morgan fingerprint density at radius 3 is 2.77 bits per heavy atom. The number of azo groups is 1. The van der Waals surface area contributed by atoms with Gasteiger partial charge in [0.2, 0.25) is 5.13 Å². The van der Waals surface area contributed by atoms with Crippen molar-refractivity contribution in [3.63, 3.8) is 0 Å². The molecule has 0 saturated heterocycles. The lowest BCUT2D eigenvalue weighted by Crippen LogP contribution is -2.30. The van der Waals surface area contributed by atoms with Crippen molar-refractivity contribution in [2.75, 3.05) is 23.8 Å². The Kier molecular flexibility index (Phi) is 4.90. The Balaban J connectivity index is 1.99. The van der Waals surface area contributed by atoms with E-state index in [0.717, 1.165) is 42.2 Å². The van der Waals surface area contributed by atoms with Gasteiger partial charge in [0.15, 0.2) is 0 Å². The Bertz CT molecular complexity index is 864. The zero-order valence-electron chi connectivity index (χ0n) is 14.0. The number of hydrogen-bond acceptors (Lipinski definition) is 7. The number of nitrogens with zero attached hydrogens (tertiary/aromatic N) is 5. The van der Waals surface area contributed by atoms with Gasteiger partial charge in [-0.1, -0.05) is 0 Å². The summed E-state index contributed by atoms with van der Waals surface area (Å²) in [5.41, 5.74) is 1.79. The largest absolute Gasteiger partial charge is 0.471 e. The van der Waals surface area contributed by atoms with Crippen LogP contribution in [-0.2, 0) is 11.2 Å². The van der Waals surface area contributed by atoms with Crippen molar-refractivity contribution < 1.29 is 18.0 Å². The number of nitrogens with one attached hydrogen (secondary N) is 1. The molecule has 1 amide bonds. The van der Waals surface area contributed by atoms with E-state index in [1.54, 1.807) is 13.0 Å². The van der Waals surface area contributed by atoms with Gasteiger partial charge in [-0.15, -0.1) is 10.2 Å². The molecule has 7 nitrogen and oxygen atoms in total. The highest BCUT2D eigenvalue weighted by Crippen LogP contribution is 2.37. The zero-order chi connectivity index (χ0) is 18.9. The van der Waals surface area contributed by atoms with Crippen molar-refractivity contribution in [2.24, 2.45) is 10.2 Å². The van der Waals surface area contributed by atoms with E-state index in [1.165, 1.54) is 6.07 Å². The maximum absolute atomic E-state index is 12.6. The van der Waals surface area contributed by atoms with Gasteiger partial charge < -0.3 is 10.2 Å². The molecule has 2 aromatic rings. The van der Waals surface area contributed by atoms with Crippen molar-refractivity contribution in [1.29, 1.82) is 0 Å². The van der Waals surface area contributed by atoms with Crippen molar-refractivity contribution in [3.05, 3.63) is 23.5 Å². The number of amides is 1. The van der Waals surface area contributed by atoms with Crippen LogP contribution in [-0.4, -0.2) is 35.0 Å². The Hall–Kier alpha value is -2.56. The van der Waals surface area contributed by atoms with Gasteiger partial charge >= 0.3 is 12.1 Å². The third-order valence-electron chi connectivity index (χ3n) is 3.81. The fraction of sp³-hybridized carbons (Fsp3) is 0.400. The molecule has 0 spiro atoms. The van der Waals surface area contributed by atoms with Crippen LogP contribution in [0.1, 0.15) is 17.8 Å². The third-order valence-corrected chi connectivity index (χ3v) is 4.51. The highest BCUT2D eigenvalue weighted by atomic mass is 32.1. The van der Waals surface area contributed by atoms with Crippen LogP contribution in [0.5, 0.6) is 0 Å². The summed E-state index contributed by atoms with van der Waals surface area (Å²) in [7, 11) is 1.85. The molecule has 11 heteroatoms. The third kappa shape index (κ3) is 3.98. The smallest absolute Gasteiger partial charge is 0.374 e. The topological polar surface area (TPSA) is 82.8 Å². The van der Waals surface area contributed by atoms with E-state index >= 15 is 0 Å². The number of halogens is 3. The molecule has 1 aromatic heterocycles. The summed E-state index contributed by atoms with van der Waals surface area (Å²) in [6.07, 6.45) is -3.30. The fourth-order valence-electron chi connectivity index (χ4n) is 2.60. The maximum Gasteiger partial charge on any atom is 0.471 e. The van der Waals surface area contributed by atoms with Gasteiger partial charge in [0.1, 0.15) is 11.5 Å². The lowest BCUT2D eigenvalue weighted by Gasteiger charge is -2.28. The first kappa shape index (κ1) is 18.2. The van der Waals surface area contributed by atoms with Crippen molar-refractivity contribution in [3.8, 4) is 0 Å². The number of hydrogen-bond donors (Lipinski definition) is 1. The van der Waals surface area contributed by atoms with Gasteiger partial charge in [0, 0.05) is 30.8 Å². The first-order valence-electron chi connectivity index (χ1n) is 7.72. The highest BCUT2D eigenvalue weighted by Gasteiger charge is 2.39. The molecule has 0 bridgehead atoms. The van der Waals surface area contributed by atoms with Crippen molar-refractivity contribution in [2.45, 2.75) is 25.9 Å². The molecule has 2 heterocycles. The van der Waals surface area contributed by atoms with Gasteiger partial charge in [-0.3, -0.25) is 4.79 Å². The number of aromatic nitrogens is 2. The summed E-state index contributed by atoms with van der Waals surface area (Å²) in [5, 5.41) is 10.1. The Morgan fingerprint density at radius 2 is 2.12 bits per heavy atom. The molecule has 0 aliphatic carbocycles. The number of carbonyl (C=O) groups is 1. The van der Waals surface area contributed by atoms with Gasteiger partial charge in [0.25, 0.3) is 0 Å². The van der Waals surface area contributed by atoms with E-state index in [9.17, 15) is 18.0 Å². The average molecular weight is 384 g/mol. The van der Waals surface area contributed by atoms with Gasteiger partial charge in [-0.05, 0) is 37.5 Å². The number of anilines is 2. The monoisotopic (exact) mass is 384 g/mol. The second-order valence-electron chi connectivity index (χ2n) is 5.80. The van der Waals surface area contributed by atoms with Crippen molar-refractivity contribution >= 4 is 39.6 Å². The van der Waals surface area contributed by atoms with E-state index in [4.69, 9.17) is 0 Å². The number of carbonyl (C=O) groups excluding carboxylic acids is 1. The van der Waals surface area contributed by atoms with Crippen LogP contribution in [0.4, 0.5) is 35.4 Å². The summed E-state index contributed by atoms with van der Waals surface area (Å²) in [4.78, 5) is 17.3. The maximum atomic E-state index is 12.6. The summed E-state index contributed by atoms with van der Waals surface area (Å²) in [6, 6.07) is 3.15. The first-order chi connectivity index (χ1) is 12.2. The summed E-state index contributed by atoms with van der Waals surface area (Å²) in [6.45, 7) is 2.48. The molecule has 0 fully saturated rings. The minimum absolute atomic E-state index is 0.0511. The quantitative estimate of drug-likeness (QED) is 0.806. The van der Waals surface area contributed by atoms with Crippen LogP contribution in [0, 0.1) is 6.92 Å². The average Bonchev–Trinajstić information content (AvgIpc) is 2.98. The molecule has 0 saturated carbocycles. The van der Waals surface area contributed by atoms with Gasteiger partial charge in [-0.2, -0.15) is 17.5 Å². The van der Waals surface area contributed by atoms with E-state index in [0.29, 0.717) is 5.82 Å². The number of aryl methyl sites for hydroxylation is 2. The predicted molar refractivity (Wildman–Crippen MR) is 91.5 cm³/mol. The van der Waals surface area contributed by atoms with Crippen LogP contribution in [0.3, 0.4) is 0 Å². The van der Waals surface area contributed by atoms with E-state index in [-0.39, 0.29) is 16.5 Å². The Labute approximate surface area is 151 Å². The molecule has 1 aliphatic heterocycles. The molecule has 3 rings (SSSR count). The Morgan fingerprint density at radius 1 is 1.35 bits per heavy atom. The molecular formula is C15H15F3N6OS. The zero-order valence-corrected chi connectivity index (χ0v) is 14.8. The molecule has 1 aromatic carbocycles. The second kappa shape index (κ2) is 6.98. The summed E-state index contributed by atoms with van der Waals surface area (Å²) in [5.74, 6) is -1.53. The molecule has 1 N–H and O–H groups in total. The van der Waals surface area contributed by atoms with E-state index in [1.807, 2.05) is 17.3 Å². The molecular weight excluding hydrogens is 369 g/mol. The minimum Gasteiger partial charge on any atom is -0.374 e. The highest BCUT2D eigenvalue weighted by molar-refractivity contribution is 7.09. The van der Waals surface area contributed by atoms with Crippen LogP contribution >= 0.6 is 11.5 Å². The lowest BCUT2D eigenvalue weighted by atomic mass is 10.0. The van der Waals surface area contributed by atoms with Gasteiger partial charge in [0.05, 0.1) is 5.69 Å². The normalized spacial score (nSPS) is 14.6. The predicted octanol–water partition coefficient (Wildman–Crippen LogP) is 4.15. The molecule has 1 aliphatic rings. The van der Waals surface area contributed by atoms with E-state index in [2.05, 4.69) is 19.6 Å². The summed E-state index contributed by atoms with van der Waals surface area (Å²) >= 11 is 1.02. The molecule has 26 heavy (non-hydrogen) atoms. The second-order valence-corrected chi connectivity index (χ2v) is 6.53. The summed E-state index contributed by atoms with van der Waals surface area (Å²) < 4.78 is 41.9. The van der Waals surface area contributed by atoms with Crippen LogP contribution in [0.2, 0.25) is 0 Å². The SMILES string of the molecule is Cc1nsc(N=Nc2cc3c(cc2NC(=O)C(F)(F)F)N(C)CCC3)n1. The van der Waals surface area contributed by atoms with Crippen LogP contribution in [0.15, 0.2) is 22.4 Å². The number of rotatable bonds is 3. The van der Waals surface area contributed by atoms with Crippen LogP contribution < -0.4 is 10.2 Å². The van der Waals surface area contributed by atoms with Gasteiger partial charge in [-0.25, -0.2) is 4.98 Å². The molecule has 138 valence electrons. The fourth-order valence-corrected chi connectivity index (χ4v) is 3.11. The first-order valence-corrected chi connectivity index (χ1v) is 8.49. The number of alkyl halides is 3. The minimum atomic E-state index is -4.99. The van der Waals surface area contributed by atoms with Crippen molar-refractivity contribution in [1.82, 2.24) is 9.36 Å². The molecule has 0 unspecified atom stereocenters. The number of fused-ring (bicyclic) bond motifs is 1.